The van der Waals surface area contributed by atoms with Gasteiger partial charge in [-0.25, -0.2) is 0 Å². The Balaban J connectivity index is 2.60. The number of aliphatic hydroxyl groups is 1. The molecule has 0 aliphatic carbocycles. The van der Waals surface area contributed by atoms with Gasteiger partial charge in [-0.3, -0.25) is 0 Å². The summed E-state index contributed by atoms with van der Waals surface area (Å²) in [5.74, 6) is 0.511. The second-order valence-corrected chi connectivity index (χ2v) is 2.44. The Labute approximate surface area is 65.2 Å². The molecule has 0 saturated heterocycles. The molecule has 1 heterocycles. The molecule has 1 atom stereocenters. The first-order chi connectivity index (χ1) is 5.24. The lowest BCUT2D eigenvalue weighted by molar-refractivity contribution is 0.140. The van der Waals surface area contributed by atoms with Crippen molar-refractivity contribution in [3.05, 3.63) is 17.5 Å². The fourth-order valence-corrected chi connectivity index (χ4v) is 0.834. The molecule has 11 heavy (non-hydrogen) atoms. The number of likely N-dealkylation sites (N-methyl/N-ethyl adjacent to an activating group) is 1. The first-order valence-corrected chi connectivity index (χ1v) is 3.50. The summed E-state index contributed by atoms with van der Waals surface area (Å²) in [5.41, 5.74) is 0.787. The van der Waals surface area contributed by atoms with Gasteiger partial charge in [-0.1, -0.05) is 5.16 Å². The molecule has 0 spiro atoms. The summed E-state index contributed by atoms with van der Waals surface area (Å²) in [5, 5.41) is 15.8. The van der Waals surface area contributed by atoms with E-state index >= 15 is 0 Å². The predicted octanol–water partition coefficient (Wildman–Crippen LogP) is 0.236. The van der Waals surface area contributed by atoms with Gasteiger partial charge < -0.3 is 14.9 Å². The highest BCUT2D eigenvalue weighted by atomic mass is 16.5. The quantitative estimate of drug-likeness (QED) is 0.658. The van der Waals surface area contributed by atoms with Crippen LogP contribution in [0.2, 0.25) is 0 Å². The molecule has 0 aliphatic heterocycles. The number of hydrogen-bond acceptors (Lipinski definition) is 4. The van der Waals surface area contributed by atoms with E-state index < -0.39 is 6.10 Å². The normalized spacial score (nSPS) is 13.4. The Morgan fingerprint density at radius 2 is 2.55 bits per heavy atom. The Morgan fingerprint density at radius 1 is 1.82 bits per heavy atom. The average Bonchev–Trinajstić information content (AvgIpc) is 2.36. The van der Waals surface area contributed by atoms with Gasteiger partial charge in [-0.2, -0.15) is 0 Å². The van der Waals surface area contributed by atoms with Crippen LogP contribution in [0, 0.1) is 6.92 Å². The Kier molecular flexibility index (Phi) is 2.62. The SMILES string of the molecule is CNCC(O)c1cc(C)no1. The second kappa shape index (κ2) is 3.50. The number of rotatable bonds is 3. The highest BCUT2D eigenvalue weighted by Gasteiger charge is 2.10. The zero-order valence-electron chi connectivity index (χ0n) is 6.66. The third kappa shape index (κ3) is 2.03. The van der Waals surface area contributed by atoms with Crippen molar-refractivity contribution in [1.82, 2.24) is 10.5 Å². The van der Waals surface area contributed by atoms with E-state index in [0.29, 0.717) is 12.3 Å². The summed E-state index contributed by atoms with van der Waals surface area (Å²) in [6.07, 6.45) is -0.596. The van der Waals surface area contributed by atoms with Crippen LogP contribution in [0.3, 0.4) is 0 Å². The van der Waals surface area contributed by atoms with E-state index in [-0.39, 0.29) is 0 Å². The molecule has 0 fully saturated rings. The second-order valence-electron chi connectivity index (χ2n) is 2.44. The Morgan fingerprint density at radius 3 is 3.00 bits per heavy atom. The van der Waals surface area contributed by atoms with Crippen LogP contribution in [0.5, 0.6) is 0 Å². The molecule has 4 nitrogen and oxygen atoms in total. The van der Waals surface area contributed by atoms with E-state index in [1.807, 2.05) is 6.92 Å². The Bertz CT molecular complexity index is 222. The lowest BCUT2D eigenvalue weighted by Crippen LogP contribution is -2.16. The summed E-state index contributed by atoms with van der Waals surface area (Å²) in [6.45, 7) is 2.30. The largest absolute Gasteiger partial charge is 0.384 e. The highest BCUT2D eigenvalue weighted by Crippen LogP contribution is 2.11. The maximum absolute atomic E-state index is 9.34. The van der Waals surface area contributed by atoms with Crippen LogP contribution in [-0.4, -0.2) is 23.9 Å². The van der Waals surface area contributed by atoms with Gasteiger partial charge in [-0.05, 0) is 14.0 Å². The van der Waals surface area contributed by atoms with Crippen molar-refractivity contribution in [2.45, 2.75) is 13.0 Å². The van der Waals surface area contributed by atoms with Gasteiger partial charge in [0.05, 0.1) is 5.69 Å². The van der Waals surface area contributed by atoms with Crippen LogP contribution in [0.1, 0.15) is 17.6 Å². The topological polar surface area (TPSA) is 58.3 Å². The van der Waals surface area contributed by atoms with E-state index in [1.54, 1.807) is 13.1 Å². The zero-order chi connectivity index (χ0) is 8.27. The third-order valence-corrected chi connectivity index (χ3v) is 1.37. The molecule has 0 aliphatic rings. The van der Waals surface area contributed by atoms with Crippen LogP contribution in [0.25, 0.3) is 0 Å². The molecular weight excluding hydrogens is 144 g/mol. The van der Waals surface area contributed by atoms with Gasteiger partial charge in [-0.15, -0.1) is 0 Å². The van der Waals surface area contributed by atoms with E-state index in [9.17, 15) is 5.11 Å². The molecule has 1 rings (SSSR count). The van der Waals surface area contributed by atoms with Gasteiger partial charge in [0, 0.05) is 12.6 Å². The summed E-state index contributed by atoms with van der Waals surface area (Å²) >= 11 is 0. The molecule has 1 aromatic heterocycles. The van der Waals surface area contributed by atoms with Gasteiger partial charge in [0.1, 0.15) is 6.10 Å². The van der Waals surface area contributed by atoms with Gasteiger partial charge in [0.25, 0.3) is 0 Å². The van der Waals surface area contributed by atoms with Gasteiger partial charge >= 0.3 is 0 Å². The monoisotopic (exact) mass is 156 g/mol. The van der Waals surface area contributed by atoms with Gasteiger partial charge in [0.15, 0.2) is 5.76 Å². The fourth-order valence-electron chi connectivity index (χ4n) is 0.834. The molecule has 1 aromatic rings. The van der Waals surface area contributed by atoms with Crippen molar-refractivity contribution < 1.29 is 9.63 Å². The molecule has 0 radical (unpaired) electrons. The van der Waals surface area contributed by atoms with Crippen molar-refractivity contribution in [1.29, 1.82) is 0 Å². The molecule has 0 aromatic carbocycles. The van der Waals surface area contributed by atoms with E-state index in [4.69, 9.17) is 4.52 Å². The van der Waals surface area contributed by atoms with Gasteiger partial charge in [0.2, 0.25) is 0 Å². The van der Waals surface area contributed by atoms with Crippen LogP contribution in [0.4, 0.5) is 0 Å². The summed E-state index contributed by atoms with van der Waals surface area (Å²) in [4.78, 5) is 0. The molecule has 4 heteroatoms. The third-order valence-electron chi connectivity index (χ3n) is 1.37. The summed E-state index contributed by atoms with van der Waals surface area (Å²) < 4.78 is 4.84. The molecule has 0 bridgehead atoms. The zero-order valence-corrected chi connectivity index (χ0v) is 6.66. The maximum Gasteiger partial charge on any atom is 0.166 e. The average molecular weight is 156 g/mol. The highest BCUT2D eigenvalue weighted by molar-refractivity contribution is 5.05. The smallest absolute Gasteiger partial charge is 0.166 e. The van der Waals surface area contributed by atoms with Crippen LogP contribution < -0.4 is 5.32 Å². The Hall–Kier alpha value is -0.870. The predicted molar refractivity (Wildman–Crippen MR) is 40.1 cm³/mol. The van der Waals surface area contributed by atoms with Crippen molar-refractivity contribution in [3.63, 3.8) is 0 Å². The molecule has 0 amide bonds. The fraction of sp³-hybridized carbons (Fsp3) is 0.571. The number of nitrogens with zero attached hydrogens (tertiary/aromatic N) is 1. The molecule has 2 N–H and O–H groups in total. The molecular formula is C7H12N2O2. The lowest BCUT2D eigenvalue weighted by Gasteiger charge is -2.03. The number of nitrogens with one attached hydrogen (secondary N) is 1. The number of aliphatic hydroxyl groups excluding tert-OH is 1. The summed E-state index contributed by atoms with van der Waals surface area (Å²) in [6, 6.07) is 1.72. The van der Waals surface area contributed by atoms with Crippen molar-refractivity contribution >= 4 is 0 Å². The lowest BCUT2D eigenvalue weighted by atomic mass is 10.2. The van der Waals surface area contributed by atoms with E-state index in [2.05, 4.69) is 10.5 Å². The number of hydrogen-bond donors (Lipinski definition) is 2. The first-order valence-electron chi connectivity index (χ1n) is 3.50. The summed E-state index contributed by atoms with van der Waals surface area (Å²) in [7, 11) is 1.77. The minimum Gasteiger partial charge on any atom is -0.384 e. The first kappa shape index (κ1) is 8.23. The maximum atomic E-state index is 9.34. The minimum absolute atomic E-state index is 0.481. The molecule has 62 valence electrons. The molecule has 0 saturated carbocycles. The van der Waals surface area contributed by atoms with Crippen molar-refractivity contribution in [2.75, 3.05) is 13.6 Å². The van der Waals surface area contributed by atoms with E-state index in [1.165, 1.54) is 0 Å². The minimum atomic E-state index is -0.596. The standard InChI is InChI=1S/C7H12N2O2/c1-5-3-7(11-9-5)6(10)4-8-2/h3,6,8,10H,4H2,1-2H3. The van der Waals surface area contributed by atoms with Crippen LogP contribution >= 0.6 is 0 Å². The number of aromatic nitrogens is 1. The van der Waals surface area contributed by atoms with Crippen LogP contribution in [0.15, 0.2) is 10.6 Å². The van der Waals surface area contributed by atoms with Crippen molar-refractivity contribution in [3.8, 4) is 0 Å². The van der Waals surface area contributed by atoms with E-state index in [0.717, 1.165) is 5.69 Å². The molecule has 1 unspecified atom stereocenters. The number of aryl methyl sites for hydroxylation is 1. The van der Waals surface area contributed by atoms with Crippen molar-refractivity contribution in [2.24, 2.45) is 0 Å². The van der Waals surface area contributed by atoms with Crippen LogP contribution in [-0.2, 0) is 0 Å².